The molecule has 1 saturated heterocycles. The van der Waals surface area contributed by atoms with E-state index in [1.54, 1.807) is 18.2 Å². The summed E-state index contributed by atoms with van der Waals surface area (Å²) in [4.78, 5) is 29.5. The molecule has 0 aliphatic carbocycles. The van der Waals surface area contributed by atoms with Gasteiger partial charge in [-0.3, -0.25) is 4.57 Å². The number of nitrogens with zero attached hydrogens (tertiary/aromatic N) is 2. The Balaban J connectivity index is 0.887. The maximum absolute atomic E-state index is 12.8. The first kappa shape index (κ1) is 29.0. The lowest BCUT2D eigenvalue weighted by atomic mass is 9.92. The first-order valence-corrected chi connectivity index (χ1v) is 15.3. The van der Waals surface area contributed by atoms with E-state index in [4.69, 9.17) is 18.9 Å². The van der Waals surface area contributed by atoms with Gasteiger partial charge in [0.25, 0.3) is 0 Å². The van der Waals surface area contributed by atoms with Crippen LogP contribution in [0.2, 0.25) is 0 Å². The van der Waals surface area contributed by atoms with E-state index in [0.29, 0.717) is 17.2 Å². The van der Waals surface area contributed by atoms with Gasteiger partial charge >= 0.3 is 11.8 Å². The molecule has 0 spiro atoms. The zero-order chi connectivity index (χ0) is 32.1. The quantitative estimate of drug-likeness (QED) is 0.134. The Morgan fingerprint density at radius 1 is 1.00 bits per heavy atom. The number of aromatic nitrogens is 2. The van der Waals surface area contributed by atoms with Crippen molar-refractivity contribution in [1.29, 1.82) is 0 Å². The molecular formula is C35H30N4O8. The Hall–Kier alpha value is -5.43. The number of hydrogen-bond acceptors (Lipinski definition) is 10. The second-order valence-corrected chi connectivity index (χ2v) is 11.5. The first-order chi connectivity index (χ1) is 23.0. The fraction of sp³-hybridized carbons (Fsp3) is 0.229. The Labute approximate surface area is 267 Å². The number of hydrogen-bond donors (Lipinski definition) is 4. The SMILES string of the molecule is O=C(NCCOc1cccc2c1Nc1nc(=O)n([C@H]3C[C@@H](O)[C@@H](CO)O3)cc1O2)OCc1ccc2ccc3cccc4ccc1c2c34. The number of fused-ring (bicyclic) bond motifs is 2. The zero-order valence-electron chi connectivity index (χ0n) is 25.0. The van der Waals surface area contributed by atoms with Crippen molar-refractivity contribution in [3.05, 3.63) is 95.0 Å². The van der Waals surface area contributed by atoms with Crippen LogP contribution in [-0.2, 0) is 16.1 Å². The number of aliphatic hydroxyl groups excluding tert-OH is 2. The zero-order valence-corrected chi connectivity index (χ0v) is 25.0. The summed E-state index contributed by atoms with van der Waals surface area (Å²) >= 11 is 0. The molecule has 1 aromatic heterocycles. The molecule has 5 aromatic carbocycles. The van der Waals surface area contributed by atoms with E-state index >= 15 is 0 Å². The maximum Gasteiger partial charge on any atom is 0.407 e. The number of amides is 1. The van der Waals surface area contributed by atoms with Crippen molar-refractivity contribution in [2.24, 2.45) is 0 Å². The summed E-state index contributed by atoms with van der Waals surface area (Å²) in [5.74, 6) is 1.37. The molecule has 0 unspecified atom stereocenters. The Bertz CT molecular complexity index is 2190. The van der Waals surface area contributed by atoms with Gasteiger partial charge in [0.15, 0.2) is 17.3 Å². The number of aliphatic hydroxyl groups is 2. The minimum atomic E-state index is -0.900. The van der Waals surface area contributed by atoms with Crippen molar-refractivity contribution in [2.45, 2.75) is 31.5 Å². The van der Waals surface area contributed by atoms with E-state index in [2.05, 4.69) is 64.1 Å². The Morgan fingerprint density at radius 2 is 1.77 bits per heavy atom. The van der Waals surface area contributed by atoms with Gasteiger partial charge in [0.2, 0.25) is 0 Å². The number of para-hydroxylation sites is 1. The molecule has 0 radical (unpaired) electrons. The number of carbonyl (C=O) groups is 1. The van der Waals surface area contributed by atoms with Gasteiger partial charge in [-0.25, -0.2) is 9.59 Å². The van der Waals surface area contributed by atoms with Gasteiger partial charge < -0.3 is 39.8 Å². The lowest BCUT2D eigenvalue weighted by Gasteiger charge is -2.24. The Kier molecular flexibility index (Phi) is 7.24. The van der Waals surface area contributed by atoms with Crippen LogP contribution in [-0.4, -0.2) is 57.8 Å². The van der Waals surface area contributed by atoms with Crippen LogP contribution in [0, 0.1) is 0 Å². The van der Waals surface area contributed by atoms with Crippen LogP contribution in [0.4, 0.5) is 16.3 Å². The molecule has 12 nitrogen and oxygen atoms in total. The molecule has 238 valence electrons. The van der Waals surface area contributed by atoms with Crippen LogP contribution in [0.25, 0.3) is 32.3 Å². The molecule has 0 bridgehead atoms. The molecule has 6 aromatic rings. The minimum absolute atomic E-state index is 0.123. The van der Waals surface area contributed by atoms with Crippen LogP contribution < -0.4 is 25.8 Å². The molecule has 0 saturated carbocycles. The third-order valence-electron chi connectivity index (χ3n) is 8.67. The monoisotopic (exact) mass is 634 g/mol. The van der Waals surface area contributed by atoms with Crippen molar-refractivity contribution in [1.82, 2.24) is 14.9 Å². The molecular weight excluding hydrogens is 604 g/mol. The van der Waals surface area contributed by atoms with Crippen molar-refractivity contribution >= 4 is 49.9 Å². The first-order valence-electron chi connectivity index (χ1n) is 15.3. The van der Waals surface area contributed by atoms with Gasteiger partial charge in [-0.2, -0.15) is 4.98 Å². The average molecular weight is 635 g/mol. The van der Waals surface area contributed by atoms with Gasteiger partial charge in [0.1, 0.15) is 37.0 Å². The predicted octanol–water partition coefficient (Wildman–Crippen LogP) is 4.94. The average Bonchev–Trinajstić information content (AvgIpc) is 3.47. The number of nitrogens with one attached hydrogen (secondary N) is 2. The molecule has 1 amide bonds. The standard InChI is InChI=1S/C35H30N4O8/c40-17-28-24(41)15-29(47-28)39-16-27-33(38-34(39)42)37-32-25(5-2-6-26(32)46-27)44-14-13-36-35(43)45-18-22-10-9-21-8-7-19-3-1-4-20-11-12-23(22)31(21)30(19)20/h1-12,16,24,28-29,40-41H,13-15,17-18H2,(H,36,43)(H,37,38,42)/t24-,28-,29-/m1/s1. The lowest BCUT2D eigenvalue weighted by Crippen LogP contribution is -2.29. The lowest BCUT2D eigenvalue weighted by molar-refractivity contribution is -0.0459. The highest BCUT2D eigenvalue weighted by atomic mass is 16.6. The van der Waals surface area contributed by atoms with Crippen LogP contribution in [0.3, 0.4) is 0 Å². The third-order valence-corrected chi connectivity index (χ3v) is 8.67. The fourth-order valence-electron chi connectivity index (χ4n) is 6.38. The van der Waals surface area contributed by atoms with Crippen LogP contribution >= 0.6 is 0 Å². The van der Waals surface area contributed by atoms with Gasteiger partial charge in [0, 0.05) is 6.42 Å². The number of alkyl carbamates (subject to hydrolysis) is 1. The summed E-state index contributed by atoms with van der Waals surface area (Å²) in [5, 5.41) is 32.2. The predicted molar refractivity (Wildman–Crippen MR) is 174 cm³/mol. The van der Waals surface area contributed by atoms with Crippen molar-refractivity contribution in [3.8, 4) is 17.2 Å². The van der Waals surface area contributed by atoms with Gasteiger partial charge in [-0.15, -0.1) is 0 Å². The second-order valence-electron chi connectivity index (χ2n) is 11.5. The highest BCUT2D eigenvalue weighted by Gasteiger charge is 2.36. The Morgan fingerprint density at radius 3 is 2.57 bits per heavy atom. The van der Waals surface area contributed by atoms with E-state index in [0.717, 1.165) is 16.3 Å². The maximum atomic E-state index is 12.8. The van der Waals surface area contributed by atoms with Crippen molar-refractivity contribution < 1.29 is 34.0 Å². The van der Waals surface area contributed by atoms with Crippen molar-refractivity contribution in [2.75, 3.05) is 25.1 Å². The molecule has 8 rings (SSSR count). The van der Waals surface area contributed by atoms with Gasteiger partial charge in [-0.1, -0.05) is 60.7 Å². The normalized spacial score (nSPS) is 18.5. The molecule has 4 N–H and O–H groups in total. The molecule has 3 atom stereocenters. The topological polar surface area (TPSA) is 153 Å². The number of carbonyl (C=O) groups excluding carboxylic acids is 1. The van der Waals surface area contributed by atoms with Crippen molar-refractivity contribution in [3.63, 3.8) is 0 Å². The summed E-state index contributed by atoms with van der Waals surface area (Å²) < 4.78 is 24.4. The number of rotatable bonds is 8. The third kappa shape index (κ3) is 5.22. The molecule has 2 aliphatic rings. The van der Waals surface area contributed by atoms with E-state index in [-0.39, 0.29) is 44.4 Å². The number of benzene rings is 5. The molecule has 3 heterocycles. The van der Waals surface area contributed by atoms with E-state index in [9.17, 15) is 19.8 Å². The summed E-state index contributed by atoms with van der Waals surface area (Å²) in [7, 11) is 0. The van der Waals surface area contributed by atoms with Crippen LogP contribution in [0.5, 0.6) is 17.2 Å². The molecule has 12 heteroatoms. The molecule has 1 fully saturated rings. The fourth-order valence-corrected chi connectivity index (χ4v) is 6.38. The highest BCUT2D eigenvalue weighted by molar-refractivity contribution is 6.23. The van der Waals surface area contributed by atoms with Crippen LogP contribution in [0.15, 0.2) is 83.8 Å². The van der Waals surface area contributed by atoms with E-state index in [1.807, 2.05) is 6.07 Å². The summed E-state index contributed by atoms with van der Waals surface area (Å²) in [6.45, 7) is 0.0840. The second kappa shape index (κ2) is 11.7. The van der Waals surface area contributed by atoms with E-state index < -0.39 is 30.2 Å². The minimum Gasteiger partial charge on any atom is -0.489 e. The number of anilines is 2. The van der Waals surface area contributed by atoms with Crippen LogP contribution in [0.1, 0.15) is 18.2 Å². The number of ether oxygens (including phenoxy) is 4. The summed E-state index contributed by atoms with van der Waals surface area (Å²) in [5.41, 5.74) is 0.795. The molecule has 2 aliphatic heterocycles. The van der Waals surface area contributed by atoms with Gasteiger partial charge in [0.05, 0.1) is 25.5 Å². The summed E-state index contributed by atoms with van der Waals surface area (Å²) in [6, 6.07) is 24.0. The highest BCUT2D eigenvalue weighted by Crippen LogP contribution is 2.45. The summed E-state index contributed by atoms with van der Waals surface area (Å²) in [6.07, 6.45) is -1.43. The smallest absolute Gasteiger partial charge is 0.407 e. The molecule has 47 heavy (non-hydrogen) atoms. The van der Waals surface area contributed by atoms with E-state index in [1.165, 1.54) is 32.3 Å². The van der Waals surface area contributed by atoms with Gasteiger partial charge in [-0.05, 0) is 50.0 Å². The largest absolute Gasteiger partial charge is 0.489 e.